The number of benzene rings is 1. The maximum absolute atomic E-state index is 12.7. The summed E-state index contributed by atoms with van der Waals surface area (Å²) in [4.78, 5) is 14.6. The number of rotatable bonds is 6. The fourth-order valence-corrected chi connectivity index (χ4v) is 3.58. The van der Waals surface area contributed by atoms with Gasteiger partial charge in [0, 0.05) is 13.1 Å². The van der Waals surface area contributed by atoms with Gasteiger partial charge in [0.05, 0.1) is 12.8 Å². The fourth-order valence-electron chi connectivity index (χ4n) is 3.58. The van der Waals surface area contributed by atoms with Gasteiger partial charge in [0.1, 0.15) is 11.6 Å². The molecule has 0 atom stereocenters. The Hall–Kier alpha value is -3.15. The standard InChI is InChI=1S/C22H24N4O2/c27-22(20-8-9-21(25-24-20)23-16-19-7-4-14-28-19)26-12-10-18(11-13-26)15-17-5-2-1-3-6-17/h1-9,14,18H,10-13,15-16H2,(H,23,25). The normalized spacial score (nSPS) is 14.8. The Balaban J connectivity index is 1.27. The number of furan rings is 1. The minimum absolute atomic E-state index is 0.0387. The highest BCUT2D eigenvalue weighted by molar-refractivity contribution is 5.92. The Labute approximate surface area is 164 Å². The average molecular weight is 376 g/mol. The molecule has 3 aromatic rings. The third-order valence-corrected chi connectivity index (χ3v) is 5.18. The van der Waals surface area contributed by atoms with Crippen molar-refractivity contribution in [1.82, 2.24) is 15.1 Å². The molecule has 1 aliphatic heterocycles. The lowest BCUT2D eigenvalue weighted by molar-refractivity contribution is 0.0683. The molecule has 0 radical (unpaired) electrons. The third kappa shape index (κ3) is 4.57. The van der Waals surface area contributed by atoms with Gasteiger partial charge in [-0.25, -0.2) is 0 Å². The van der Waals surface area contributed by atoms with Gasteiger partial charge in [0.25, 0.3) is 5.91 Å². The molecular formula is C22H24N4O2. The van der Waals surface area contributed by atoms with Crippen molar-refractivity contribution in [3.05, 3.63) is 77.9 Å². The smallest absolute Gasteiger partial charge is 0.274 e. The summed E-state index contributed by atoms with van der Waals surface area (Å²) < 4.78 is 5.27. The van der Waals surface area contributed by atoms with Crippen LogP contribution in [0.3, 0.4) is 0 Å². The highest BCUT2D eigenvalue weighted by atomic mass is 16.3. The molecule has 0 unspecified atom stereocenters. The van der Waals surface area contributed by atoms with E-state index in [1.54, 1.807) is 18.4 Å². The quantitative estimate of drug-likeness (QED) is 0.709. The Kier molecular flexibility index (Phi) is 5.66. The molecule has 0 saturated carbocycles. The average Bonchev–Trinajstić information content (AvgIpc) is 3.27. The molecule has 1 aromatic carbocycles. The van der Waals surface area contributed by atoms with Crippen LogP contribution >= 0.6 is 0 Å². The first-order valence-corrected chi connectivity index (χ1v) is 9.71. The van der Waals surface area contributed by atoms with Gasteiger partial charge < -0.3 is 14.6 Å². The molecule has 6 heteroatoms. The second-order valence-electron chi connectivity index (χ2n) is 7.16. The van der Waals surface area contributed by atoms with Gasteiger partial charge in [-0.05, 0) is 55.0 Å². The number of amides is 1. The lowest BCUT2D eigenvalue weighted by Crippen LogP contribution is -2.39. The molecule has 3 heterocycles. The minimum Gasteiger partial charge on any atom is -0.467 e. The van der Waals surface area contributed by atoms with Crippen molar-refractivity contribution >= 4 is 11.7 Å². The van der Waals surface area contributed by atoms with E-state index in [9.17, 15) is 4.79 Å². The summed E-state index contributed by atoms with van der Waals surface area (Å²) in [6, 6.07) is 17.8. The van der Waals surface area contributed by atoms with E-state index in [1.165, 1.54) is 5.56 Å². The molecule has 1 N–H and O–H groups in total. The van der Waals surface area contributed by atoms with Crippen molar-refractivity contribution in [2.45, 2.75) is 25.8 Å². The van der Waals surface area contributed by atoms with Crippen molar-refractivity contribution in [2.24, 2.45) is 5.92 Å². The van der Waals surface area contributed by atoms with Crippen LogP contribution in [-0.2, 0) is 13.0 Å². The van der Waals surface area contributed by atoms with E-state index in [-0.39, 0.29) is 5.91 Å². The van der Waals surface area contributed by atoms with Crippen LogP contribution in [0, 0.1) is 5.92 Å². The fraction of sp³-hybridized carbons (Fsp3) is 0.318. The van der Waals surface area contributed by atoms with Gasteiger partial charge in [-0.2, -0.15) is 0 Å². The molecule has 1 amide bonds. The van der Waals surface area contributed by atoms with Gasteiger partial charge in [-0.15, -0.1) is 10.2 Å². The maximum atomic E-state index is 12.7. The first-order valence-electron chi connectivity index (χ1n) is 9.71. The Morgan fingerprint density at radius 3 is 2.54 bits per heavy atom. The zero-order valence-electron chi connectivity index (χ0n) is 15.8. The van der Waals surface area contributed by atoms with Gasteiger partial charge in [-0.3, -0.25) is 4.79 Å². The second kappa shape index (κ2) is 8.69. The number of carbonyl (C=O) groups is 1. The van der Waals surface area contributed by atoms with Crippen LogP contribution < -0.4 is 5.32 Å². The molecule has 0 aliphatic carbocycles. The highest BCUT2D eigenvalue weighted by Crippen LogP contribution is 2.22. The molecule has 6 nitrogen and oxygen atoms in total. The number of piperidine rings is 1. The molecule has 2 aromatic heterocycles. The van der Waals surface area contributed by atoms with Crippen LogP contribution in [-0.4, -0.2) is 34.1 Å². The summed E-state index contributed by atoms with van der Waals surface area (Å²) in [6.45, 7) is 2.08. The Morgan fingerprint density at radius 2 is 1.86 bits per heavy atom. The summed E-state index contributed by atoms with van der Waals surface area (Å²) in [6.07, 6.45) is 4.76. The van der Waals surface area contributed by atoms with Crippen LogP contribution in [0.5, 0.6) is 0 Å². The van der Waals surface area contributed by atoms with E-state index in [0.29, 0.717) is 24.0 Å². The van der Waals surface area contributed by atoms with Crippen molar-refractivity contribution in [2.75, 3.05) is 18.4 Å². The molecular weight excluding hydrogens is 352 g/mol. The van der Waals surface area contributed by atoms with Gasteiger partial charge >= 0.3 is 0 Å². The third-order valence-electron chi connectivity index (χ3n) is 5.18. The van der Waals surface area contributed by atoms with Crippen molar-refractivity contribution in [3.63, 3.8) is 0 Å². The number of likely N-dealkylation sites (tertiary alicyclic amines) is 1. The van der Waals surface area contributed by atoms with E-state index in [0.717, 1.165) is 38.1 Å². The SMILES string of the molecule is O=C(c1ccc(NCc2ccco2)nn1)N1CCC(Cc2ccccc2)CC1. The monoisotopic (exact) mass is 376 g/mol. The number of aromatic nitrogens is 2. The number of nitrogens with one attached hydrogen (secondary N) is 1. The van der Waals surface area contributed by atoms with E-state index < -0.39 is 0 Å². The zero-order valence-corrected chi connectivity index (χ0v) is 15.8. The Bertz CT molecular complexity index is 871. The molecule has 4 rings (SSSR count). The largest absolute Gasteiger partial charge is 0.467 e. The number of anilines is 1. The van der Waals surface area contributed by atoms with Crippen LogP contribution in [0.1, 0.15) is 34.7 Å². The number of nitrogens with zero attached hydrogens (tertiary/aromatic N) is 3. The lowest BCUT2D eigenvalue weighted by Gasteiger charge is -2.31. The molecule has 0 spiro atoms. The number of hydrogen-bond donors (Lipinski definition) is 1. The van der Waals surface area contributed by atoms with E-state index in [4.69, 9.17) is 4.42 Å². The first kappa shape index (κ1) is 18.2. The zero-order chi connectivity index (χ0) is 19.2. The van der Waals surface area contributed by atoms with Crippen molar-refractivity contribution in [3.8, 4) is 0 Å². The first-order chi connectivity index (χ1) is 13.8. The van der Waals surface area contributed by atoms with Crippen LogP contribution in [0.25, 0.3) is 0 Å². The molecule has 1 fully saturated rings. The van der Waals surface area contributed by atoms with Gasteiger partial charge in [0.15, 0.2) is 5.69 Å². The minimum atomic E-state index is -0.0387. The number of hydrogen-bond acceptors (Lipinski definition) is 5. The molecule has 1 saturated heterocycles. The molecule has 1 aliphatic rings. The Morgan fingerprint density at radius 1 is 1.04 bits per heavy atom. The van der Waals surface area contributed by atoms with E-state index in [2.05, 4.69) is 39.8 Å². The van der Waals surface area contributed by atoms with Crippen molar-refractivity contribution < 1.29 is 9.21 Å². The topological polar surface area (TPSA) is 71.3 Å². The summed E-state index contributed by atoms with van der Waals surface area (Å²) in [5.74, 6) is 2.03. The summed E-state index contributed by atoms with van der Waals surface area (Å²) in [5.41, 5.74) is 1.76. The van der Waals surface area contributed by atoms with E-state index >= 15 is 0 Å². The van der Waals surface area contributed by atoms with Gasteiger partial charge in [0.2, 0.25) is 0 Å². The van der Waals surface area contributed by atoms with Crippen LogP contribution in [0.4, 0.5) is 5.82 Å². The van der Waals surface area contributed by atoms with Crippen molar-refractivity contribution in [1.29, 1.82) is 0 Å². The summed E-state index contributed by atoms with van der Waals surface area (Å²) in [5, 5.41) is 11.4. The lowest BCUT2D eigenvalue weighted by atomic mass is 9.90. The van der Waals surface area contributed by atoms with Crippen LogP contribution in [0.2, 0.25) is 0 Å². The summed E-state index contributed by atoms with van der Waals surface area (Å²) >= 11 is 0. The predicted molar refractivity (Wildman–Crippen MR) is 107 cm³/mol. The summed E-state index contributed by atoms with van der Waals surface area (Å²) in [7, 11) is 0. The number of carbonyl (C=O) groups excluding carboxylic acids is 1. The van der Waals surface area contributed by atoms with Crippen LogP contribution in [0.15, 0.2) is 65.3 Å². The highest BCUT2D eigenvalue weighted by Gasteiger charge is 2.24. The van der Waals surface area contributed by atoms with Gasteiger partial charge in [-0.1, -0.05) is 30.3 Å². The maximum Gasteiger partial charge on any atom is 0.274 e. The second-order valence-corrected chi connectivity index (χ2v) is 7.16. The molecule has 0 bridgehead atoms. The predicted octanol–water partition coefficient (Wildman–Crippen LogP) is 3.78. The molecule has 28 heavy (non-hydrogen) atoms. The van der Waals surface area contributed by atoms with E-state index in [1.807, 2.05) is 23.1 Å². The molecule has 144 valence electrons.